The maximum absolute atomic E-state index is 11.2. The number of nitrogens with one attached hydrogen (secondary N) is 2. The summed E-state index contributed by atoms with van der Waals surface area (Å²) in [6, 6.07) is 9.31. The third-order valence-electron chi connectivity index (χ3n) is 3.56. The molecule has 2 aromatic carbocycles. The average Bonchev–Trinajstić information content (AvgIpc) is 2.61. The summed E-state index contributed by atoms with van der Waals surface area (Å²) in [5, 5.41) is 24.2. The Hall–Kier alpha value is -3.17. The number of aromatic carboxylic acids is 2. The van der Waals surface area contributed by atoms with Gasteiger partial charge in [-0.15, -0.1) is 0 Å². The molecule has 0 saturated heterocycles. The third kappa shape index (κ3) is 5.40. The monoisotopic (exact) mass is 389 g/mol. The number of hydrogen-bond donors (Lipinski definition) is 5. The number of carboxylic acids is 2. The van der Waals surface area contributed by atoms with Crippen LogP contribution in [0.25, 0.3) is 0 Å². The Balaban J connectivity index is 2.13. The second kappa shape index (κ2) is 8.97. The predicted octanol–water partition coefficient (Wildman–Crippen LogP) is 2.54. The minimum Gasteiger partial charge on any atom is -0.492 e. The molecule has 0 bridgehead atoms. The fraction of sp³-hybridized carbons (Fsp3) is 0.167. The third-order valence-corrected chi connectivity index (χ3v) is 3.76. The maximum Gasteiger partial charge on any atom is 0.336 e. The Morgan fingerprint density at radius 1 is 1.04 bits per heavy atom. The van der Waals surface area contributed by atoms with Crippen LogP contribution < -0.4 is 21.1 Å². The van der Waals surface area contributed by atoms with Crippen molar-refractivity contribution in [2.75, 3.05) is 23.8 Å². The van der Waals surface area contributed by atoms with Crippen LogP contribution >= 0.6 is 12.2 Å². The average molecular weight is 389 g/mol. The summed E-state index contributed by atoms with van der Waals surface area (Å²) < 4.78 is 5.55. The van der Waals surface area contributed by atoms with E-state index in [0.29, 0.717) is 30.3 Å². The summed E-state index contributed by atoms with van der Waals surface area (Å²) in [6.45, 7) is 2.69. The van der Waals surface area contributed by atoms with E-state index in [1.165, 1.54) is 18.2 Å². The first-order valence-corrected chi connectivity index (χ1v) is 8.34. The number of ether oxygens (including phenoxy) is 1. The van der Waals surface area contributed by atoms with Crippen LogP contribution in [0.15, 0.2) is 36.4 Å². The molecule has 0 unspecified atom stereocenters. The van der Waals surface area contributed by atoms with Crippen LogP contribution in [0.4, 0.5) is 11.4 Å². The van der Waals surface area contributed by atoms with Crippen LogP contribution in [-0.2, 0) is 0 Å². The quantitative estimate of drug-likeness (QED) is 0.453. The van der Waals surface area contributed by atoms with E-state index < -0.39 is 11.9 Å². The van der Waals surface area contributed by atoms with Gasteiger partial charge in [0.25, 0.3) is 0 Å². The molecule has 0 atom stereocenters. The van der Waals surface area contributed by atoms with Gasteiger partial charge in [-0.05, 0) is 49.0 Å². The number of carbonyl (C=O) groups is 2. The van der Waals surface area contributed by atoms with Crippen LogP contribution in [-0.4, -0.2) is 40.4 Å². The van der Waals surface area contributed by atoms with Gasteiger partial charge in [-0.1, -0.05) is 6.07 Å². The van der Waals surface area contributed by atoms with E-state index >= 15 is 0 Å². The lowest BCUT2D eigenvalue weighted by Crippen LogP contribution is -2.20. The molecule has 9 heteroatoms. The molecule has 0 heterocycles. The van der Waals surface area contributed by atoms with Gasteiger partial charge in [-0.3, -0.25) is 0 Å². The van der Waals surface area contributed by atoms with Gasteiger partial charge in [0, 0.05) is 24.0 Å². The van der Waals surface area contributed by atoms with Gasteiger partial charge in [-0.25, -0.2) is 9.59 Å². The molecular formula is C18H19N3O5S. The van der Waals surface area contributed by atoms with Crippen molar-refractivity contribution < 1.29 is 24.5 Å². The Labute approximate surface area is 161 Å². The number of nitrogens with two attached hydrogens (primary N) is 1. The van der Waals surface area contributed by atoms with Crippen LogP contribution in [0.2, 0.25) is 0 Å². The number of carboxylic acid groups (broad SMARTS) is 2. The lowest BCUT2D eigenvalue weighted by atomic mass is 10.1. The van der Waals surface area contributed by atoms with Gasteiger partial charge in [-0.2, -0.15) is 0 Å². The number of rotatable bonds is 7. The van der Waals surface area contributed by atoms with Crippen molar-refractivity contribution in [3.8, 4) is 5.75 Å². The fourth-order valence-electron chi connectivity index (χ4n) is 2.28. The molecule has 27 heavy (non-hydrogen) atoms. The zero-order valence-electron chi connectivity index (χ0n) is 14.5. The molecule has 0 aliphatic carbocycles. The number of aryl methyl sites for hydroxylation is 1. The van der Waals surface area contributed by atoms with Crippen molar-refractivity contribution in [2.24, 2.45) is 5.73 Å². The molecule has 0 radical (unpaired) electrons. The van der Waals surface area contributed by atoms with E-state index in [1.54, 1.807) is 6.07 Å². The van der Waals surface area contributed by atoms with Crippen LogP contribution in [0.5, 0.6) is 5.75 Å². The molecule has 0 aliphatic rings. The maximum atomic E-state index is 11.2. The second-order valence-electron chi connectivity index (χ2n) is 5.57. The molecule has 2 rings (SSSR count). The first-order valence-electron chi connectivity index (χ1n) is 7.94. The minimum atomic E-state index is -1.34. The lowest BCUT2D eigenvalue weighted by Gasteiger charge is -2.14. The molecular weight excluding hydrogens is 370 g/mol. The summed E-state index contributed by atoms with van der Waals surface area (Å²) in [5.74, 6) is -1.98. The van der Waals surface area contributed by atoms with Crippen molar-refractivity contribution >= 4 is 40.6 Å². The normalized spacial score (nSPS) is 10.1. The first kappa shape index (κ1) is 20.1. The molecule has 0 spiro atoms. The van der Waals surface area contributed by atoms with E-state index in [1.807, 2.05) is 19.1 Å². The number of thiocarbonyl (C=S) groups is 1. The number of hydrogen-bond acceptors (Lipinski definition) is 5. The summed E-state index contributed by atoms with van der Waals surface area (Å²) in [6.07, 6.45) is 0. The molecule has 6 N–H and O–H groups in total. The van der Waals surface area contributed by atoms with Crippen molar-refractivity contribution in [1.82, 2.24) is 0 Å². The zero-order chi connectivity index (χ0) is 20.0. The van der Waals surface area contributed by atoms with Crippen molar-refractivity contribution in [1.29, 1.82) is 0 Å². The second-order valence-corrected chi connectivity index (χ2v) is 5.98. The first-order chi connectivity index (χ1) is 12.8. The van der Waals surface area contributed by atoms with Crippen molar-refractivity contribution in [3.63, 3.8) is 0 Å². The standard InChI is InChI=1S/C18H19N3O5S/c1-10-2-3-12(9-15(10)26-7-6-19)21-18(27)20-11-4-5-13(16(22)23)14(8-11)17(24)25/h2-5,8-9H,6-7,19H2,1H3,(H,22,23)(H,24,25)(H2,20,21,27). The zero-order valence-corrected chi connectivity index (χ0v) is 15.3. The Morgan fingerprint density at radius 3 is 2.22 bits per heavy atom. The van der Waals surface area contributed by atoms with Crippen LogP contribution in [0, 0.1) is 6.92 Å². The van der Waals surface area contributed by atoms with Gasteiger partial charge in [0.05, 0.1) is 11.1 Å². The molecule has 0 amide bonds. The summed E-state index contributed by atoms with van der Waals surface area (Å²) in [7, 11) is 0. The lowest BCUT2D eigenvalue weighted by molar-refractivity contribution is 0.0651. The molecule has 0 saturated carbocycles. The smallest absolute Gasteiger partial charge is 0.336 e. The Morgan fingerprint density at radius 2 is 1.63 bits per heavy atom. The van der Waals surface area contributed by atoms with Gasteiger partial charge in [0.2, 0.25) is 0 Å². The predicted molar refractivity (Wildman–Crippen MR) is 106 cm³/mol. The highest BCUT2D eigenvalue weighted by Crippen LogP contribution is 2.23. The minimum absolute atomic E-state index is 0.211. The number of benzene rings is 2. The Bertz CT molecular complexity index is 885. The van der Waals surface area contributed by atoms with Crippen molar-refractivity contribution in [3.05, 3.63) is 53.1 Å². The molecule has 8 nitrogen and oxygen atoms in total. The van der Waals surface area contributed by atoms with E-state index in [4.69, 9.17) is 27.8 Å². The highest BCUT2D eigenvalue weighted by Gasteiger charge is 2.16. The van der Waals surface area contributed by atoms with Gasteiger partial charge < -0.3 is 31.3 Å². The SMILES string of the molecule is Cc1ccc(NC(=S)Nc2ccc(C(=O)O)c(C(=O)O)c2)cc1OCCN. The fourth-order valence-corrected chi connectivity index (χ4v) is 2.52. The van der Waals surface area contributed by atoms with E-state index in [-0.39, 0.29) is 16.2 Å². The van der Waals surface area contributed by atoms with E-state index in [0.717, 1.165) is 5.56 Å². The highest BCUT2D eigenvalue weighted by molar-refractivity contribution is 7.80. The van der Waals surface area contributed by atoms with Gasteiger partial charge >= 0.3 is 11.9 Å². The summed E-state index contributed by atoms with van der Waals surface area (Å²) in [4.78, 5) is 22.3. The topological polar surface area (TPSA) is 134 Å². The molecule has 0 fully saturated rings. The van der Waals surface area contributed by atoms with E-state index in [2.05, 4.69) is 10.6 Å². The molecule has 142 valence electrons. The van der Waals surface area contributed by atoms with Crippen molar-refractivity contribution in [2.45, 2.75) is 6.92 Å². The Kier molecular flexibility index (Phi) is 6.69. The molecule has 0 aliphatic heterocycles. The van der Waals surface area contributed by atoms with E-state index in [9.17, 15) is 14.7 Å². The summed E-state index contributed by atoms with van der Waals surface area (Å²) >= 11 is 5.23. The van der Waals surface area contributed by atoms with Crippen LogP contribution in [0.3, 0.4) is 0 Å². The highest BCUT2D eigenvalue weighted by atomic mass is 32.1. The van der Waals surface area contributed by atoms with Gasteiger partial charge in [0.1, 0.15) is 12.4 Å². The van der Waals surface area contributed by atoms with Crippen LogP contribution in [0.1, 0.15) is 26.3 Å². The largest absolute Gasteiger partial charge is 0.492 e. The molecule has 0 aromatic heterocycles. The molecule has 2 aromatic rings. The summed E-state index contributed by atoms with van der Waals surface area (Å²) in [5.41, 5.74) is 6.78. The number of anilines is 2. The van der Waals surface area contributed by atoms with Gasteiger partial charge in [0.15, 0.2) is 5.11 Å².